The summed E-state index contributed by atoms with van der Waals surface area (Å²) in [6, 6.07) is 10.9. The molecular weight excluding hydrogens is 539 g/mol. The monoisotopic (exact) mass is 561 g/mol. The van der Waals surface area contributed by atoms with Crippen molar-refractivity contribution in [3.05, 3.63) is 80.5 Å². The first-order valence-electron chi connectivity index (χ1n) is 11.5. The number of carbonyl (C=O) groups excluding carboxylic acids is 1. The van der Waals surface area contributed by atoms with Crippen molar-refractivity contribution >= 4 is 34.2 Å². The van der Waals surface area contributed by atoms with Gasteiger partial charge in [0.05, 0.1) is 35.9 Å². The predicted molar refractivity (Wildman–Crippen MR) is 141 cm³/mol. The van der Waals surface area contributed by atoms with Crippen molar-refractivity contribution in [2.75, 3.05) is 26.1 Å². The standard InChI is InChI=1S/C28H23ClF3NO6/c1-14-9-15(2)24-22(10-14)39-26(16-5-8-20(36-3)21(11-16)37-4)27(25(24)35)38-13-23(34)33-19-12-17(28(30,31)32)6-7-18(19)29/h5-12H,13H2,1-4H3,(H,33,34). The Kier molecular flexibility index (Phi) is 7.78. The number of methoxy groups -OCH3 is 2. The minimum atomic E-state index is -4.63. The molecular formula is C28H23ClF3NO6. The van der Waals surface area contributed by atoms with E-state index >= 15 is 0 Å². The Morgan fingerprint density at radius 2 is 1.72 bits per heavy atom. The zero-order chi connectivity index (χ0) is 28.5. The number of ether oxygens (including phenoxy) is 3. The van der Waals surface area contributed by atoms with Crippen LogP contribution in [0.2, 0.25) is 5.02 Å². The molecule has 11 heteroatoms. The third kappa shape index (κ3) is 5.80. The molecule has 0 unspecified atom stereocenters. The van der Waals surface area contributed by atoms with Gasteiger partial charge in [0.2, 0.25) is 11.2 Å². The van der Waals surface area contributed by atoms with Gasteiger partial charge in [-0.25, -0.2) is 0 Å². The van der Waals surface area contributed by atoms with Gasteiger partial charge < -0.3 is 23.9 Å². The Morgan fingerprint density at radius 3 is 2.38 bits per heavy atom. The number of amides is 1. The minimum absolute atomic E-state index is 0.0309. The van der Waals surface area contributed by atoms with E-state index in [-0.39, 0.29) is 27.6 Å². The lowest BCUT2D eigenvalue weighted by Crippen LogP contribution is -2.23. The maximum Gasteiger partial charge on any atom is 0.416 e. The number of aryl methyl sites for hydroxylation is 2. The first-order chi connectivity index (χ1) is 18.4. The van der Waals surface area contributed by atoms with E-state index in [4.69, 9.17) is 30.2 Å². The third-order valence-electron chi connectivity index (χ3n) is 5.86. The first-order valence-corrected chi connectivity index (χ1v) is 11.9. The summed E-state index contributed by atoms with van der Waals surface area (Å²) in [7, 11) is 2.93. The molecule has 0 saturated carbocycles. The lowest BCUT2D eigenvalue weighted by atomic mass is 10.0. The molecule has 4 rings (SSSR count). The van der Waals surface area contributed by atoms with Gasteiger partial charge in [0.15, 0.2) is 23.9 Å². The fraction of sp³-hybridized carbons (Fsp3) is 0.214. The molecule has 1 aromatic heterocycles. The van der Waals surface area contributed by atoms with E-state index in [1.807, 2.05) is 13.0 Å². The Morgan fingerprint density at radius 1 is 1.00 bits per heavy atom. The van der Waals surface area contributed by atoms with Gasteiger partial charge in [0, 0.05) is 5.56 Å². The van der Waals surface area contributed by atoms with Crippen molar-refractivity contribution in [2.24, 2.45) is 0 Å². The van der Waals surface area contributed by atoms with E-state index in [0.29, 0.717) is 34.3 Å². The number of carbonyl (C=O) groups is 1. The third-order valence-corrected chi connectivity index (χ3v) is 6.19. The zero-order valence-electron chi connectivity index (χ0n) is 21.3. The number of hydrogen-bond donors (Lipinski definition) is 1. The lowest BCUT2D eigenvalue weighted by Gasteiger charge is -2.15. The normalized spacial score (nSPS) is 11.4. The SMILES string of the molecule is COc1ccc(-c2oc3cc(C)cc(C)c3c(=O)c2OCC(=O)Nc2cc(C(F)(F)F)ccc2Cl)cc1OC. The molecule has 0 fully saturated rings. The van der Waals surface area contributed by atoms with Crippen molar-refractivity contribution in [2.45, 2.75) is 20.0 Å². The zero-order valence-corrected chi connectivity index (χ0v) is 22.0. The molecule has 0 aliphatic heterocycles. The van der Waals surface area contributed by atoms with Crippen LogP contribution >= 0.6 is 11.6 Å². The van der Waals surface area contributed by atoms with Crippen LogP contribution in [-0.2, 0) is 11.0 Å². The second kappa shape index (κ2) is 10.9. The highest BCUT2D eigenvalue weighted by molar-refractivity contribution is 6.33. The van der Waals surface area contributed by atoms with Gasteiger partial charge in [-0.05, 0) is 67.4 Å². The average molecular weight is 562 g/mol. The van der Waals surface area contributed by atoms with Gasteiger partial charge in [0.1, 0.15) is 5.58 Å². The quantitative estimate of drug-likeness (QED) is 0.267. The van der Waals surface area contributed by atoms with Gasteiger partial charge in [0.25, 0.3) is 5.91 Å². The average Bonchev–Trinajstić information content (AvgIpc) is 2.87. The van der Waals surface area contributed by atoms with Gasteiger partial charge in [-0.2, -0.15) is 13.2 Å². The van der Waals surface area contributed by atoms with Crippen molar-refractivity contribution in [1.29, 1.82) is 0 Å². The smallest absolute Gasteiger partial charge is 0.416 e. The van der Waals surface area contributed by atoms with Crippen LogP contribution in [0.3, 0.4) is 0 Å². The Bertz CT molecular complexity index is 1630. The van der Waals surface area contributed by atoms with Gasteiger partial charge in [-0.15, -0.1) is 0 Å². The Labute approximate surface area is 226 Å². The lowest BCUT2D eigenvalue weighted by molar-refractivity contribution is -0.137. The predicted octanol–water partition coefficient (Wildman–Crippen LogP) is 6.78. The van der Waals surface area contributed by atoms with E-state index in [1.54, 1.807) is 31.2 Å². The summed E-state index contributed by atoms with van der Waals surface area (Å²) in [6.07, 6.45) is -4.63. The number of rotatable bonds is 7. The molecule has 7 nitrogen and oxygen atoms in total. The first kappa shape index (κ1) is 27.8. The maximum absolute atomic E-state index is 13.6. The number of fused-ring (bicyclic) bond motifs is 1. The van der Waals surface area contributed by atoms with Crippen LogP contribution in [-0.4, -0.2) is 26.7 Å². The second-order valence-electron chi connectivity index (χ2n) is 8.64. The van der Waals surface area contributed by atoms with Gasteiger partial charge >= 0.3 is 6.18 Å². The molecule has 0 atom stereocenters. The molecule has 1 heterocycles. The number of nitrogens with one attached hydrogen (secondary N) is 1. The van der Waals surface area contributed by atoms with E-state index in [0.717, 1.165) is 17.7 Å². The van der Waals surface area contributed by atoms with Crippen LogP contribution in [0.4, 0.5) is 18.9 Å². The van der Waals surface area contributed by atoms with Crippen molar-refractivity contribution in [3.63, 3.8) is 0 Å². The highest BCUT2D eigenvalue weighted by Gasteiger charge is 2.31. The van der Waals surface area contributed by atoms with Crippen LogP contribution in [0.5, 0.6) is 17.2 Å². The molecule has 39 heavy (non-hydrogen) atoms. The molecule has 0 aliphatic rings. The number of anilines is 1. The Balaban J connectivity index is 1.74. The molecule has 0 spiro atoms. The van der Waals surface area contributed by atoms with Crippen LogP contribution < -0.4 is 25.0 Å². The van der Waals surface area contributed by atoms with Crippen LogP contribution in [0.25, 0.3) is 22.3 Å². The van der Waals surface area contributed by atoms with Crippen LogP contribution in [0, 0.1) is 13.8 Å². The van der Waals surface area contributed by atoms with Crippen LogP contribution in [0.15, 0.2) is 57.7 Å². The number of benzene rings is 3. The molecule has 0 aliphatic carbocycles. The van der Waals surface area contributed by atoms with E-state index in [1.165, 1.54) is 14.2 Å². The Hall–Kier alpha value is -4.18. The van der Waals surface area contributed by atoms with Gasteiger partial charge in [-0.1, -0.05) is 17.7 Å². The molecule has 0 saturated heterocycles. The summed E-state index contributed by atoms with van der Waals surface area (Å²) in [5.41, 5.74) is 0.465. The minimum Gasteiger partial charge on any atom is -0.493 e. The summed E-state index contributed by atoms with van der Waals surface area (Å²) >= 11 is 5.98. The maximum atomic E-state index is 13.6. The largest absolute Gasteiger partial charge is 0.493 e. The van der Waals surface area contributed by atoms with Crippen molar-refractivity contribution in [1.82, 2.24) is 0 Å². The molecule has 204 valence electrons. The molecule has 0 radical (unpaired) electrons. The van der Waals surface area contributed by atoms with Gasteiger partial charge in [-0.3, -0.25) is 9.59 Å². The summed E-state index contributed by atoms with van der Waals surface area (Å²) in [4.78, 5) is 26.3. The highest BCUT2D eigenvalue weighted by atomic mass is 35.5. The highest BCUT2D eigenvalue weighted by Crippen LogP contribution is 2.38. The summed E-state index contributed by atoms with van der Waals surface area (Å²) in [5, 5.41) is 2.46. The van der Waals surface area contributed by atoms with Crippen molar-refractivity contribution in [3.8, 4) is 28.6 Å². The fourth-order valence-corrected chi connectivity index (χ4v) is 4.26. The summed E-state index contributed by atoms with van der Waals surface area (Å²) < 4.78 is 61.7. The van der Waals surface area contributed by atoms with E-state index in [9.17, 15) is 22.8 Å². The molecule has 4 aromatic rings. The number of halogens is 4. The molecule has 1 amide bonds. The molecule has 0 bridgehead atoms. The summed E-state index contributed by atoms with van der Waals surface area (Å²) in [5.74, 6) is -0.262. The van der Waals surface area contributed by atoms with E-state index < -0.39 is 29.7 Å². The number of alkyl halides is 3. The van der Waals surface area contributed by atoms with Crippen LogP contribution in [0.1, 0.15) is 16.7 Å². The van der Waals surface area contributed by atoms with E-state index in [2.05, 4.69) is 5.32 Å². The fourth-order valence-electron chi connectivity index (χ4n) is 4.09. The molecule has 3 aromatic carbocycles. The van der Waals surface area contributed by atoms with Crippen molar-refractivity contribution < 1.29 is 36.6 Å². The second-order valence-corrected chi connectivity index (χ2v) is 9.05. The topological polar surface area (TPSA) is 87.0 Å². The molecule has 1 N–H and O–H groups in total. The number of hydrogen-bond acceptors (Lipinski definition) is 6. The summed E-state index contributed by atoms with van der Waals surface area (Å²) in [6.45, 7) is 2.89.